The lowest BCUT2D eigenvalue weighted by molar-refractivity contribution is 0.142. The molecule has 0 radical (unpaired) electrons. The summed E-state index contributed by atoms with van der Waals surface area (Å²) in [7, 11) is 1.67. The minimum atomic E-state index is 0.437. The summed E-state index contributed by atoms with van der Waals surface area (Å²) in [5, 5.41) is 3.29. The molecule has 0 amide bonds. The third kappa shape index (κ3) is 2.67. The van der Waals surface area contributed by atoms with E-state index in [0.717, 1.165) is 37.6 Å². The molecule has 0 saturated carbocycles. The molecule has 1 aliphatic rings. The predicted octanol–water partition coefficient (Wildman–Crippen LogP) is 2.07. The van der Waals surface area contributed by atoms with Crippen molar-refractivity contribution in [3.8, 4) is 11.5 Å². The molecule has 2 rings (SSSR count). The van der Waals surface area contributed by atoms with Crippen molar-refractivity contribution in [3.05, 3.63) is 24.3 Å². The van der Waals surface area contributed by atoms with Crippen molar-refractivity contribution in [1.29, 1.82) is 0 Å². The number of rotatable bonds is 5. The summed E-state index contributed by atoms with van der Waals surface area (Å²) >= 11 is 0. The Kier molecular flexibility index (Phi) is 3.34. The molecule has 1 aromatic rings. The molecule has 1 N–H and O–H groups in total. The second-order valence-corrected chi connectivity index (χ2v) is 4.69. The van der Waals surface area contributed by atoms with Gasteiger partial charge >= 0.3 is 0 Å². The predicted molar refractivity (Wildman–Crippen MR) is 64.1 cm³/mol. The second-order valence-electron chi connectivity index (χ2n) is 4.69. The molecular formula is C13H19NO2. The van der Waals surface area contributed by atoms with Crippen LogP contribution < -0.4 is 14.8 Å². The third-order valence-corrected chi connectivity index (χ3v) is 3.14. The Hall–Kier alpha value is -1.22. The van der Waals surface area contributed by atoms with Crippen LogP contribution in [0.25, 0.3) is 0 Å². The van der Waals surface area contributed by atoms with Gasteiger partial charge in [0.1, 0.15) is 11.5 Å². The van der Waals surface area contributed by atoms with E-state index >= 15 is 0 Å². The average Bonchev–Trinajstić information content (AvgIpc) is 2.28. The van der Waals surface area contributed by atoms with Crippen LogP contribution in [0.5, 0.6) is 11.5 Å². The van der Waals surface area contributed by atoms with E-state index in [1.165, 1.54) is 0 Å². The van der Waals surface area contributed by atoms with Crippen molar-refractivity contribution in [2.75, 3.05) is 26.8 Å². The highest BCUT2D eigenvalue weighted by Gasteiger charge is 2.30. The van der Waals surface area contributed by atoms with Gasteiger partial charge in [0, 0.05) is 13.1 Å². The zero-order valence-electron chi connectivity index (χ0n) is 9.95. The summed E-state index contributed by atoms with van der Waals surface area (Å²) in [5.41, 5.74) is 0.437. The third-order valence-electron chi connectivity index (χ3n) is 3.14. The Morgan fingerprint density at radius 1 is 1.19 bits per heavy atom. The van der Waals surface area contributed by atoms with Crippen molar-refractivity contribution in [3.63, 3.8) is 0 Å². The Labute approximate surface area is 96.8 Å². The maximum Gasteiger partial charge on any atom is 0.119 e. The highest BCUT2D eigenvalue weighted by molar-refractivity contribution is 5.31. The lowest BCUT2D eigenvalue weighted by Crippen LogP contribution is -2.51. The monoisotopic (exact) mass is 221 g/mol. The molecule has 16 heavy (non-hydrogen) atoms. The van der Waals surface area contributed by atoms with Crippen LogP contribution in [0.3, 0.4) is 0 Å². The fraction of sp³-hybridized carbons (Fsp3) is 0.538. The van der Waals surface area contributed by atoms with Gasteiger partial charge < -0.3 is 14.8 Å². The van der Waals surface area contributed by atoms with E-state index in [1.54, 1.807) is 7.11 Å². The van der Waals surface area contributed by atoms with Crippen LogP contribution in [0, 0.1) is 5.41 Å². The van der Waals surface area contributed by atoms with E-state index in [2.05, 4.69) is 12.2 Å². The van der Waals surface area contributed by atoms with Crippen LogP contribution in [0.15, 0.2) is 24.3 Å². The van der Waals surface area contributed by atoms with Gasteiger partial charge in [-0.2, -0.15) is 0 Å². The summed E-state index contributed by atoms with van der Waals surface area (Å²) < 4.78 is 10.8. The zero-order chi connectivity index (χ0) is 11.4. The van der Waals surface area contributed by atoms with Gasteiger partial charge in [0.2, 0.25) is 0 Å². The lowest BCUT2D eigenvalue weighted by Gasteiger charge is -2.39. The van der Waals surface area contributed by atoms with Crippen molar-refractivity contribution in [1.82, 2.24) is 5.32 Å². The number of benzene rings is 1. The number of hydrogen-bond acceptors (Lipinski definition) is 3. The normalized spacial score (nSPS) is 17.6. The number of methoxy groups -OCH3 is 1. The molecular weight excluding hydrogens is 202 g/mol. The molecule has 0 atom stereocenters. The molecule has 0 aliphatic carbocycles. The van der Waals surface area contributed by atoms with E-state index in [1.807, 2.05) is 24.3 Å². The van der Waals surface area contributed by atoms with Crippen molar-refractivity contribution < 1.29 is 9.47 Å². The number of hydrogen-bond donors (Lipinski definition) is 1. The first-order valence-electron chi connectivity index (χ1n) is 5.69. The van der Waals surface area contributed by atoms with Crippen LogP contribution in [0.2, 0.25) is 0 Å². The first kappa shape index (κ1) is 11.3. The first-order valence-corrected chi connectivity index (χ1v) is 5.69. The van der Waals surface area contributed by atoms with Crippen LogP contribution in [-0.4, -0.2) is 26.8 Å². The Morgan fingerprint density at radius 3 is 2.31 bits per heavy atom. The highest BCUT2D eigenvalue weighted by Crippen LogP contribution is 2.26. The van der Waals surface area contributed by atoms with Crippen molar-refractivity contribution in [2.45, 2.75) is 13.3 Å². The quantitative estimate of drug-likeness (QED) is 0.825. The summed E-state index contributed by atoms with van der Waals surface area (Å²) in [5.74, 6) is 1.78. The maximum atomic E-state index is 5.69. The van der Waals surface area contributed by atoms with E-state index in [0.29, 0.717) is 5.41 Å². The van der Waals surface area contributed by atoms with Crippen LogP contribution in [-0.2, 0) is 0 Å². The lowest BCUT2D eigenvalue weighted by atomic mass is 9.81. The van der Waals surface area contributed by atoms with Gasteiger partial charge in [-0.25, -0.2) is 0 Å². The first-order chi connectivity index (χ1) is 7.72. The maximum absolute atomic E-state index is 5.69. The minimum absolute atomic E-state index is 0.437. The molecule has 3 heteroatoms. The van der Waals surface area contributed by atoms with Crippen LogP contribution in [0.4, 0.5) is 0 Å². The fourth-order valence-corrected chi connectivity index (χ4v) is 1.82. The minimum Gasteiger partial charge on any atom is -0.497 e. The SMILES string of the molecule is COc1ccc(OCCC2(C)CNC2)cc1. The van der Waals surface area contributed by atoms with Gasteiger partial charge in [-0.15, -0.1) is 0 Å². The smallest absolute Gasteiger partial charge is 0.119 e. The summed E-state index contributed by atoms with van der Waals surface area (Å²) in [4.78, 5) is 0. The van der Waals surface area contributed by atoms with Crippen LogP contribution >= 0.6 is 0 Å². The average molecular weight is 221 g/mol. The molecule has 1 aliphatic heterocycles. The molecule has 0 spiro atoms. The fourth-order valence-electron chi connectivity index (χ4n) is 1.82. The van der Waals surface area contributed by atoms with Crippen LogP contribution in [0.1, 0.15) is 13.3 Å². The van der Waals surface area contributed by atoms with Gasteiger partial charge in [-0.1, -0.05) is 6.92 Å². The molecule has 1 saturated heterocycles. The highest BCUT2D eigenvalue weighted by atomic mass is 16.5. The molecule has 1 heterocycles. The standard InChI is InChI=1S/C13H19NO2/c1-13(9-14-10-13)7-8-16-12-5-3-11(15-2)4-6-12/h3-6,14H,7-10H2,1-2H3. The molecule has 0 unspecified atom stereocenters. The molecule has 1 fully saturated rings. The Morgan fingerprint density at radius 2 is 1.81 bits per heavy atom. The topological polar surface area (TPSA) is 30.5 Å². The number of nitrogens with one attached hydrogen (secondary N) is 1. The summed E-state index contributed by atoms with van der Waals surface area (Å²) in [6.07, 6.45) is 1.10. The molecule has 1 aromatic carbocycles. The summed E-state index contributed by atoms with van der Waals surface area (Å²) in [6, 6.07) is 7.73. The largest absolute Gasteiger partial charge is 0.497 e. The van der Waals surface area contributed by atoms with Gasteiger partial charge in [-0.05, 0) is 36.1 Å². The molecule has 3 nitrogen and oxygen atoms in total. The Bertz CT molecular complexity index is 330. The van der Waals surface area contributed by atoms with E-state index < -0.39 is 0 Å². The van der Waals surface area contributed by atoms with E-state index in [-0.39, 0.29) is 0 Å². The zero-order valence-corrected chi connectivity index (χ0v) is 9.95. The van der Waals surface area contributed by atoms with E-state index in [4.69, 9.17) is 9.47 Å². The van der Waals surface area contributed by atoms with Gasteiger partial charge in [0.25, 0.3) is 0 Å². The van der Waals surface area contributed by atoms with Gasteiger partial charge in [0.05, 0.1) is 13.7 Å². The second kappa shape index (κ2) is 4.74. The van der Waals surface area contributed by atoms with E-state index in [9.17, 15) is 0 Å². The molecule has 0 bridgehead atoms. The van der Waals surface area contributed by atoms with Crippen molar-refractivity contribution >= 4 is 0 Å². The van der Waals surface area contributed by atoms with Gasteiger partial charge in [0.15, 0.2) is 0 Å². The summed E-state index contributed by atoms with van der Waals surface area (Å²) in [6.45, 7) is 5.29. The molecule has 0 aromatic heterocycles. The Balaban J connectivity index is 1.76. The van der Waals surface area contributed by atoms with Crippen molar-refractivity contribution in [2.24, 2.45) is 5.41 Å². The molecule has 88 valence electrons. The van der Waals surface area contributed by atoms with Gasteiger partial charge in [-0.3, -0.25) is 0 Å². The number of ether oxygens (including phenoxy) is 2.